The van der Waals surface area contributed by atoms with E-state index >= 15 is 0 Å². The monoisotopic (exact) mass is 204 g/mol. The standard InChI is InChI=1S/C5H7Cl3O2/c1-5(8,2-3-6)10-4(7)9/h2-3H2,1H3. The van der Waals surface area contributed by atoms with E-state index in [0.717, 1.165) is 0 Å². The van der Waals surface area contributed by atoms with E-state index in [1.807, 2.05) is 0 Å². The van der Waals surface area contributed by atoms with Crippen molar-refractivity contribution in [3.63, 3.8) is 0 Å². The molecule has 0 radical (unpaired) electrons. The van der Waals surface area contributed by atoms with Crippen molar-refractivity contribution >= 4 is 40.2 Å². The van der Waals surface area contributed by atoms with Crippen LogP contribution in [0.4, 0.5) is 4.79 Å². The molecule has 0 aliphatic heterocycles. The van der Waals surface area contributed by atoms with Crippen molar-refractivity contribution in [1.82, 2.24) is 0 Å². The molecule has 0 aliphatic carbocycles. The summed E-state index contributed by atoms with van der Waals surface area (Å²) in [7, 11) is 0. The van der Waals surface area contributed by atoms with Crippen molar-refractivity contribution in [2.24, 2.45) is 0 Å². The SMILES string of the molecule is CC(Cl)(CCCl)OC(=O)Cl. The lowest BCUT2D eigenvalue weighted by molar-refractivity contribution is 0.103. The number of alkyl halides is 2. The van der Waals surface area contributed by atoms with E-state index in [1.165, 1.54) is 6.92 Å². The largest absolute Gasteiger partial charge is 0.431 e. The van der Waals surface area contributed by atoms with Gasteiger partial charge in [0, 0.05) is 23.9 Å². The summed E-state index contributed by atoms with van der Waals surface area (Å²) in [5, 5.41) is -1.07. The van der Waals surface area contributed by atoms with Gasteiger partial charge >= 0.3 is 5.43 Å². The molecule has 10 heavy (non-hydrogen) atoms. The van der Waals surface area contributed by atoms with E-state index in [-0.39, 0.29) is 0 Å². The molecule has 0 saturated heterocycles. The Morgan fingerprint density at radius 1 is 1.70 bits per heavy atom. The second kappa shape index (κ2) is 4.27. The molecule has 60 valence electrons. The van der Waals surface area contributed by atoms with Gasteiger partial charge < -0.3 is 4.74 Å². The van der Waals surface area contributed by atoms with Gasteiger partial charge in [0.25, 0.3) is 0 Å². The highest BCUT2D eigenvalue weighted by Crippen LogP contribution is 2.22. The fourth-order valence-electron chi connectivity index (χ4n) is 0.387. The molecule has 1 atom stereocenters. The third kappa shape index (κ3) is 5.15. The molecule has 0 aromatic heterocycles. The van der Waals surface area contributed by atoms with E-state index in [0.29, 0.717) is 12.3 Å². The van der Waals surface area contributed by atoms with Crippen molar-refractivity contribution in [2.45, 2.75) is 18.4 Å². The van der Waals surface area contributed by atoms with E-state index in [4.69, 9.17) is 34.8 Å². The number of rotatable bonds is 3. The van der Waals surface area contributed by atoms with Crippen LogP contribution in [0, 0.1) is 0 Å². The van der Waals surface area contributed by atoms with Gasteiger partial charge in [-0.25, -0.2) is 4.79 Å². The smallest absolute Gasteiger partial charge is 0.405 e. The summed E-state index contributed by atoms with van der Waals surface area (Å²) in [6.07, 6.45) is 0.370. The average Bonchev–Trinajstić information content (AvgIpc) is 1.59. The molecule has 0 spiro atoms. The van der Waals surface area contributed by atoms with Gasteiger partial charge in [-0.05, 0) is 6.92 Å². The van der Waals surface area contributed by atoms with Crippen LogP contribution in [0.5, 0.6) is 0 Å². The Balaban J connectivity index is 3.74. The summed E-state index contributed by atoms with van der Waals surface area (Å²) < 4.78 is 4.49. The topological polar surface area (TPSA) is 26.3 Å². The van der Waals surface area contributed by atoms with Crippen LogP contribution in [-0.4, -0.2) is 16.4 Å². The van der Waals surface area contributed by atoms with E-state index < -0.39 is 10.5 Å². The average molecular weight is 205 g/mol. The first-order chi connectivity index (χ1) is 4.48. The predicted molar refractivity (Wildman–Crippen MR) is 41.9 cm³/mol. The highest BCUT2D eigenvalue weighted by molar-refractivity contribution is 6.61. The molecule has 2 nitrogen and oxygen atoms in total. The first-order valence-corrected chi connectivity index (χ1v) is 3.90. The lowest BCUT2D eigenvalue weighted by Gasteiger charge is -2.18. The molecule has 0 saturated carbocycles. The Kier molecular flexibility index (Phi) is 4.41. The van der Waals surface area contributed by atoms with Gasteiger partial charge in [0.05, 0.1) is 0 Å². The molecule has 0 heterocycles. The Morgan fingerprint density at radius 3 is 2.50 bits per heavy atom. The van der Waals surface area contributed by atoms with Crippen molar-refractivity contribution in [1.29, 1.82) is 0 Å². The Morgan fingerprint density at radius 2 is 2.20 bits per heavy atom. The van der Waals surface area contributed by atoms with Crippen LogP contribution in [0.15, 0.2) is 0 Å². The van der Waals surface area contributed by atoms with Gasteiger partial charge in [-0.2, -0.15) is 0 Å². The number of hydrogen-bond donors (Lipinski definition) is 0. The zero-order chi connectivity index (χ0) is 8.20. The quantitative estimate of drug-likeness (QED) is 0.523. The highest BCUT2D eigenvalue weighted by Gasteiger charge is 2.23. The number of hydrogen-bond acceptors (Lipinski definition) is 2. The van der Waals surface area contributed by atoms with Gasteiger partial charge in [-0.1, -0.05) is 11.6 Å². The van der Waals surface area contributed by atoms with Crippen molar-refractivity contribution in [3.05, 3.63) is 0 Å². The first-order valence-electron chi connectivity index (χ1n) is 2.61. The fourth-order valence-corrected chi connectivity index (χ4v) is 1.22. The maximum absolute atomic E-state index is 10.1. The van der Waals surface area contributed by atoms with Crippen LogP contribution < -0.4 is 0 Å². The first kappa shape index (κ1) is 10.3. The summed E-state index contributed by atoms with van der Waals surface area (Å²) in [6, 6.07) is 0. The minimum atomic E-state index is -1.07. The van der Waals surface area contributed by atoms with Gasteiger partial charge in [-0.3, -0.25) is 0 Å². The maximum Gasteiger partial charge on any atom is 0.405 e. The molecular formula is C5H7Cl3O2. The summed E-state index contributed by atoms with van der Waals surface area (Å²) in [4.78, 5) is 10.1. The lowest BCUT2D eigenvalue weighted by Crippen LogP contribution is -2.22. The van der Waals surface area contributed by atoms with Gasteiger partial charge in [-0.15, -0.1) is 11.6 Å². The number of ether oxygens (including phenoxy) is 1. The van der Waals surface area contributed by atoms with Crippen molar-refractivity contribution < 1.29 is 9.53 Å². The van der Waals surface area contributed by atoms with Crippen LogP contribution in [0.3, 0.4) is 0 Å². The zero-order valence-corrected chi connectivity index (χ0v) is 7.63. The van der Waals surface area contributed by atoms with E-state index in [1.54, 1.807) is 0 Å². The normalized spacial score (nSPS) is 16.0. The molecule has 5 heteroatoms. The summed E-state index contributed by atoms with van der Waals surface area (Å²) in [6.45, 7) is 1.53. The molecule has 0 bridgehead atoms. The summed E-state index contributed by atoms with van der Waals surface area (Å²) >= 11 is 15.9. The maximum atomic E-state index is 10.1. The zero-order valence-electron chi connectivity index (χ0n) is 5.36. The van der Waals surface area contributed by atoms with E-state index in [2.05, 4.69) is 4.74 Å². The number of carbonyl (C=O) groups is 1. The molecular weight excluding hydrogens is 198 g/mol. The third-order valence-corrected chi connectivity index (χ3v) is 1.37. The van der Waals surface area contributed by atoms with Gasteiger partial charge in [0.1, 0.15) is 0 Å². The summed E-state index contributed by atoms with van der Waals surface area (Å²) in [5.74, 6) is 0.324. The fraction of sp³-hybridized carbons (Fsp3) is 0.800. The van der Waals surface area contributed by atoms with Crippen LogP contribution in [-0.2, 0) is 4.74 Å². The van der Waals surface area contributed by atoms with Gasteiger partial charge in [0.2, 0.25) is 0 Å². The van der Waals surface area contributed by atoms with Crippen LogP contribution in [0.25, 0.3) is 0 Å². The number of carbonyl (C=O) groups excluding carboxylic acids is 1. The molecule has 0 aliphatic rings. The van der Waals surface area contributed by atoms with Gasteiger partial charge in [0.15, 0.2) is 5.06 Å². The molecule has 0 rings (SSSR count). The van der Waals surface area contributed by atoms with Crippen molar-refractivity contribution in [2.75, 3.05) is 5.88 Å². The minimum absolute atomic E-state index is 0.324. The Labute approximate surface area is 74.4 Å². The molecule has 0 aromatic rings. The molecule has 0 fully saturated rings. The van der Waals surface area contributed by atoms with Crippen LogP contribution in [0.1, 0.15) is 13.3 Å². The number of halogens is 3. The Bertz CT molecular complexity index is 124. The second-order valence-corrected chi connectivity index (χ2v) is 3.37. The van der Waals surface area contributed by atoms with Crippen LogP contribution >= 0.6 is 34.8 Å². The summed E-state index contributed by atoms with van der Waals surface area (Å²) in [5.41, 5.74) is -0.914. The predicted octanol–water partition coefficient (Wildman–Crippen LogP) is 2.95. The van der Waals surface area contributed by atoms with Crippen LogP contribution in [0.2, 0.25) is 0 Å². The molecule has 1 unspecified atom stereocenters. The second-order valence-electron chi connectivity index (χ2n) is 1.88. The molecule has 0 N–H and O–H groups in total. The Hall–Kier alpha value is 0.340. The third-order valence-electron chi connectivity index (χ3n) is 0.834. The highest BCUT2D eigenvalue weighted by atomic mass is 35.5. The lowest BCUT2D eigenvalue weighted by atomic mass is 10.3. The van der Waals surface area contributed by atoms with E-state index in [9.17, 15) is 4.79 Å². The molecule has 0 amide bonds. The molecule has 0 aromatic carbocycles. The van der Waals surface area contributed by atoms with Crippen molar-refractivity contribution in [3.8, 4) is 0 Å². The minimum Gasteiger partial charge on any atom is -0.431 e.